The van der Waals surface area contributed by atoms with Crippen LogP contribution in [0.15, 0.2) is 34.1 Å². The zero-order valence-corrected chi connectivity index (χ0v) is 14.1. The molecular weight excluding hydrogens is 336 g/mol. The molecule has 7 nitrogen and oxygen atoms in total. The van der Waals surface area contributed by atoms with Gasteiger partial charge in [-0.15, -0.1) is 10.2 Å². The van der Waals surface area contributed by atoms with Gasteiger partial charge in [-0.25, -0.2) is 0 Å². The molecule has 0 aliphatic carbocycles. The fraction of sp³-hybridized carbons (Fsp3) is 0.286. The van der Waals surface area contributed by atoms with E-state index in [1.165, 1.54) is 23.1 Å². The molecule has 0 radical (unpaired) electrons. The van der Waals surface area contributed by atoms with Crippen LogP contribution in [0.4, 0.5) is 5.69 Å². The van der Waals surface area contributed by atoms with E-state index < -0.39 is 0 Å². The average molecular weight is 352 g/mol. The number of hydrogen-bond donors (Lipinski definition) is 2. The number of nitrogens with zero attached hydrogens (tertiary/aromatic N) is 2. The van der Waals surface area contributed by atoms with E-state index in [1.54, 1.807) is 29.8 Å². The van der Waals surface area contributed by atoms with Gasteiger partial charge >= 0.3 is 0 Å². The van der Waals surface area contributed by atoms with E-state index in [0.29, 0.717) is 12.3 Å². The molecule has 1 aromatic carbocycles. The van der Waals surface area contributed by atoms with Crippen molar-refractivity contribution in [2.45, 2.75) is 11.3 Å². The molecule has 0 saturated heterocycles. The van der Waals surface area contributed by atoms with Crippen LogP contribution in [0.5, 0.6) is 5.75 Å². The van der Waals surface area contributed by atoms with E-state index in [0.717, 1.165) is 10.1 Å². The summed E-state index contributed by atoms with van der Waals surface area (Å²) in [6.45, 7) is 2.41. The number of carbonyl (C=O) groups excluding carboxylic acids is 2. The minimum atomic E-state index is -0.288. The molecule has 2 amide bonds. The number of thioether (sulfide) groups is 1. The molecular formula is C14H16N4O3S2. The molecule has 0 spiro atoms. The minimum Gasteiger partial charge on any atom is -0.494 e. The lowest BCUT2D eigenvalue weighted by atomic mass is 10.3. The number of ether oxygens (including phenoxy) is 1. The van der Waals surface area contributed by atoms with Crippen molar-refractivity contribution in [3.63, 3.8) is 0 Å². The molecule has 1 aromatic heterocycles. The summed E-state index contributed by atoms with van der Waals surface area (Å²) in [7, 11) is 0. The van der Waals surface area contributed by atoms with Crippen molar-refractivity contribution in [1.29, 1.82) is 0 Å². The maximum atomic E-state index is 11.8. The lowest BCUT2D eigenvalue weighted by molar-refractivity contribution is -0.122. The Kier molecular flexibility index (Phi) is 6.82. The molecule has 0 aliphatic heterocycles. The Morgan fingerprint density at radius 1 is 1.26 bits per heavy atom. The van der Waals surface area contributed by atoms with Crippen LogP contribution in [0.3, 0.4) is 0 Å². The summed E-state index contributed by atoms with van der Waals surface area (Å²) in [5, 5.41) is 12.8. The molecule has 0 saturated carbocycles. The van der Waals surface area contributed by atoms with Crippen molar-refractivity contribution < 1.29 is 14.3 Å². The zero-order valence-electron chi connectivity index (χ0n) is 12.4. The highest BCUT2D eigenvalue weighted by atomic mass is 32.2. The number of nitrogens with one attached hydrogen (secondary N) is 2. The molecule has 0 aliphatic rings. The summed E-state index contributed by atoms with van der Waals surface area (Å²) in [4.78, 5) is 23.4. The van der Waals surface area contributed by atoms with Gasteiger partial charge in [0.25, 0.3) is 0 Å². The van der Waals surface area contributed by atoms with Gasteiger partial charge in [-0.05, 0) is 31.2 Å². The summed E-state index contributed by atoms with van der Waals surface area (Å²) < 4.78 is 6.04. The number of rotatable bonds is 8. The standard InChI is InChI=1S/C14H16N4O3S2/c1-2-21-11-5-3-10(4-6-11)17-12(19)7-15-13(20)8-22-14-18-16-9-23-14/h3-6,9H,2,7-8H2,1H3,(H,15,20)(H,17,19). The van der Waals surface area contributed by atoms with Gasteiger partial charge in [0, 0.05) is 5.69 Å². The molecule has 23 heavy (non-hydrogen) atoms. The van der Waals surface area contributed by atoms with Crippen LogP contribution in [0, 0.1) is 0 Å². The third kappa shape index (κ3) is 6.25. The number of aromatic nitrogens is 2. The lowest BCUT2D eigenvalue weighted by Gasteiger charge is -2.08. The Labute approximate surface area is 141 Å². The second kappa shape index (κ2) is 9.11. The van der Waals surface area contributed by atoms with Crippen LogP contribution < -0.4 is 15.4 Å². The monoisotopic (exact) mass is 352 g/mol. The van der Waals surface area contributed by atoms with Gasteiger partial charge < -0.3 is 15.4 Å². The SMILES string of the molecule is CCOc1ccc(NC(=O)CNC(=O)CSc2nncs2)cc1. The highest BCUT2D eigenvalue weighted by molar-refractivity contribution is 8.01. The molecule has 0 atom stereocenters. The molecule has 2 N–H and O–H groups in total. The van der Waals surface area contributed by atoms with Crippen LogP contribution in [-0.4, -0.2) is 40.9 Å². The number of hydrogen-bond acceptors (Lipinski definition) is 7. The normalized spacial score (nSPS) is 10.1. The van der Waals surface area contributed by atoms with Crippen LogP contribution >= 0.6 is 23.1 Å². The van der Waals surface area contributed by atoms with Crippen molar-refractivity contribution in [3.05, 3.63) is 29.8 Å². The fourth-order valence-corrected chi connectivity index (χ4v) is 2.91. The molecule has 2 rings (SSSR count). The number of carbonyl (C=O) groups is 2. The van der Waals surface area contributed by atoms with Gasteiger partial charge in [0.05, 0.1) is 18.9 Å². The maximum Gasteiger partial charge on any atom is 0.243 e. The van der Waals surface area contributed by atoms with Crippen molar-refractivity contribution in [2.24, 2.45) is 0 Å². The Balaban J connectivity index is 1.68. The molecule has 0 bridgehead atoms. The molecule has 0 unspecified atom stereocenters. The third-order valence-corrected chi connectivity index (χ3v) is 4.42. The van der Waals surface area contributed by atoms with E-state index in [1.807, 2.05) is 6.92 Å². The van der Waals surface area contributed by atoms with Gasteiger partial charge in [0.15, 0.2) is 4.34 Å². The summed E-state index contributed by atoms with van der Waals surface area (Å²) in [5.74, 6) is 0.425. The summed E-state index contributed by atoms with van der Waals surface area (Å²) >= 11 is 2.65. The first-order chi connectivity index (χ1) is 11.2. The van der Waals surface area contributed by atoms with Gasteiger partial charge in [-0.3, -0.25) is 9.59 Å². The van der Waals surface area contributed by atoms with Crippen LogP contribution in [0.25, 0.3) is 0 Å². The predicted molar refractivity (Wildman–Crippen MR) is 89.9 cm³/mol. The topological polar surface area (TPSA) is 93.2 Å². The third-order valence-electron chi connectivity index (χ3n) is 2.56. The fourth-order valence-electron chi connectivity index (χ4n) is 1.59. The van der Waals surface area contributed by atoms with Crippen molar-refractivity contribution in [3.8, 4) is 5.75 Å². The number of anilines is 1. The van der Waals surface area contributed by atoms with E-state index in [4.69, 9.17) is 4.74 Å². The highest BCUT2D eigenvalue weighted by Gasteiger charge is 2.08. The Morgan fingerprint density at radius 2 is 2.04 bits per heavy atom. The first kappa shape index (κ1) is 17.2. The van der Waals surface area contributed by atoms with Crippen molar-refractivity contribution >= 4 is 40.6 Å². The summed E-state index contributed by atoms with van der Waals surface area (Å²) in [6.07, 6.45) is 0. The molecule has 2 aromatic rings. The van der Waals surface area contributed by atoms with Crippen molar-refractivity contribution in [1.82, 2.24) is 15.5 Å². The van der Waals surface area contributed by atoms with Gasteiger partial charge in [-0.1, -0.05) is 23.1 Å². The highest BCUT2D eigenvalue weighted by Crippen LogP contribution is 2.18. The molecule has 1 heterocycles. The lowest BCUT2D eigenvalue weighted by Crippen LogP contribution is -2.33. The number of amides is 2. The van der Waals surface area contributed by atoms with E-state index in [2.05, 4.69) is 20.8 Å². The smallest absolute Gasteiger partial charge is 0.243 e. The largest absolute Gasteiger partial charge is 0.494 e. The van der Waals surface area contributed by atoms with E-state index in [-0.39, 0.29) is 24.1 Å². The Morgan fingerprint density at radius 3 is 2.70 bits per heavy atom. The molecule has 0 fully saturated rings. The van der Waals surface area contributed by atoms with Crippen LogP contribution in [0.1, 0.15) is 6.92 Å². The minimum absolute atomic E-state index is 0.0806. The van der Waals surface area contributed by atoms with Gasteiger partial charge in [0.2, 0.25) is 11.8 Å². The quantitative estimate of drug-likeness (QED) is 0.704. The van der Waals surface area contributed by atoms with Crippen LogP contribution in [-0.2, 0) is 9.59 Å². The van der Waals surface area contributed by atoms with Gasteiger partial charge in [0.1, 0.15) is 11.3 Å². The second-order valence-electron chi connectivity index (χ2n) is 4.28. The predicted octanol–water partition coefficient (Wildman–Crippen LogP) is 1.78. The van der Waals surface area contributed by atoms with E-state index in [9.17, 15) is 9.59 Å². The second-order valence-corrected chi connectivity index (χ2v) is 6.33. The number of benzene rings is 1. The molecule has 9 heteroatoms. The maximum absolute atomic E-state index is 11.8. The zero-order chi connectivity index (χ0) is 16.5. The average Bonchev–Trinajstić information content (AvgIpc) is 3.06. The summed E-state index contributed by atoms with van der Waals surface area (Å²) in [5.41, 5.74) is 2.25. The Hall–Kier alpha value is -2.13. The first-order valence-corrected chi connectivity index (χ1v) is 8.72. The molecule has 122 valence electrons. The first-order valence-electron chi connectivity index (χ1n) is 6.85. The van der Waals surface area contributed by atoms with E-state index >= 15 is 0 Å². The summed E-state index contributed by atoms with van der Waals surface area (Å²) in [6, 6.07) is 7.04. The Bertz CT molecular complexity index is 632. The van der Waals surface area contributed by atoms with Crippen LogP contribution in [0.2, 0.25) is 0 Å². The van der Waals surface area contributed by atoms with Gasteiger partial charge in [-0.2, -0.15) is 0 Å². The van der Waals surface area contributed by atoms with Crippen molar-refractivity contribution in [2.75, 3.05) is 24.2 Å².